The predicted octanol–water partition coefficient (Wildman–Crippen LogP) is 1.73. The highest BCUT2D eigenvalue weighted by Crippen LogP contribution is 2.15. The van der Waals surface area contributed by atoms with Crippen LogP contribution in [0.5, 0.6) is 5.75 Å². The topological polar surface area (TPSA) is 42.2 Å². The van der Waals surface area contributed by atoms with Crippen molar-refractivity contribution in [1.82, 2.24) is 4.57 Å². The molecule has 2 rings (SSSR count). The molecule has 0 radical (unpaired) electrons. The third-order valence-corrected chi connectivity index (χ3v) is 2.30. The number of fused-ring (bicyclic) bond motifs is 1. The van der Waals surface area contributed by atoms with Crippen molar-refractivity contribution >= 4 is 10.9 Å². The first-order valence-electron chi connectivity index (χ1n) is 4.55. The number of nitrogens with zero attached hydrogens (tertiary/aromatic N) is 1. The van der Waals surface area contributed by atoms with Gasteiger partial charge < -0.3 is 9.67 Å². The number of hydrogen-bond donors (Lipinski definition) is 1. The minimum atomic E-state index is -0.328. The lowest BCUT2D eigenvalue weighted by Gasteiger charge is -2.07. The third-order valence-electron chi connectivity index (χ3n) is 2.30. The molecule has 0 unspecified atom stereocenters. The normalized spacial score (nSPS) is 10.6. The molecule has 0 spiro atoms. The second-order valence-corrected chi connectivity index (χ2v) is 3.14. The molecule has 0 aliphatic heterocycles. The molecule has 0 amide bonds. The Labute approximate surface area is 81.2 Å². The van der Waals surface area contributed by atoms with Gasteiger partial charge in [0.2, 0.25) is 0 Å². The number of aromatic hydroxyl groups is 1. The fourth-order valence-corrected chi connectivity index (χ4v) is 1.63. The summed E-state index contributed by atoms with van der Waals surface area (Å²) in [5.41, 5.74) is 0.531. The molecule has 0 saturated carbocycles. The van der Waals surface area contributed by atoms with Crippen LogP contribution in [0.4, 0.5) is 0 Å². The Kier molecular flexibility index (Phi) is 2.00. The Morgan fingerprint density at radius 2 is 2.07 bits per heavy atom. The van der Waals surface area contributed by atoms with Crippen LogP contribution in [-0.4, -0.2) is 9.67 Å². The summed E-state index contributed by atoms with van der Waals surface area (Å²) in [5.74, 6) is -0.189. The summed E-state index contributed by atoms with van der Waals surface area (Å²) >= 11 is 0. The van der Waals surface area contributed by atoms with Crippen molar-refractivity contribution in [3.8, 4) is 5.75 Å². The maximum atomic E-state index is 11.5. The first-order valence-corrected chi connectivity index (χ1v) is 4.55. The predicted molar refractivity (Wildman–Crippen MR) is 55.5 cm³/mol. The first kappa shape index (κ1) is 8.81. The van der Waals surface area contributed by atoms with Crippen molar-refractivity contribution in [2.75, 3.05) is 0 Å². The number of benzene rings is 1. The minimum Gasteiger partial charge on any atom is -0.503 e. The van der Waals surface area contributed by atoms with Gasteiger partial charge in [0.1, 0.15) is 0 Å². The van der Waals surface area contributed by atoms with E-state index in [1.54, 1.807) is 4.57 Å². The van der Waals surface area contributed by atoms with Gasteiger partial charge in [0.05, 0.1) is 5.52 Å². The van der Waals surface area contributed by atoms with Gasteiger partial charge in [-0.2, -0.15) is 0 Å². The van der Waals surface area contributed by atoms with E-state index in [1.165, 1.54) is 6.07 Å². The summed E-state index contributed by atoms with van der Waals surface area (Å²) in [6.07, 6.45) is 0. The Balaban J connectivity index is 2.96. The molecule has 3 heteroatoms. The molecule has 3 nitrogen and oxygen atoms in total. The maximum absolute atomic E-state index is 11.5. The molecule has 1 aromatic heterocycles. The van der Waals surface area contributed by atoms with Crippen molar-refractivity contribution < 1.29 is 5.11 Å². The summed E-state index contributed by atoms with van der Waals surface area (Å²) in [5, 5.41) is 10.3. The molecule has 2 aromatic rings. The van der Waals surface area contributed by atoms with Crippen molar-refractivity contribution in [2.45, 2.75) is 13.5 Å². The molecule has 0 aliphatic rings. The van der Waals surface area contributed by atoms with Gasteiger partial charge in [-0.25, -0.2) is 0 Å². The number of aromatic nitrogens is 1. The Hall–Kier alpha value is -1.77. The summed E-state index contributed by atoms with van der Waals surface area (Å²) in [6.45, 7) is 2.45. The van der Waals surface area contributed by atoms with Gasteiger partial charge in [-0.05, 0) is 19.1 Å². The summed E-state index contributed by atoms with van der Waals surface area (Å²) in [7, 11) is 0. The zero-order valence-corrected chi connectivity index (χ0v) is 7.90. The molecule has 1 aromatic carbocycles. The molecule has 0 aliphatic carbocycles. The van der Waals surface area contributed by atoms with Crippen LogP contribution in [0.1, 0.15) is 6.92 Å². The fourth-order valence-electron chi connectivity index (χ4n) is 1.63. The van der Waals surface area contributed by atoms with Crippen LogP contribution in [0, 0.1) is 0 Å². The van der Waals surface area contributed by atoms with Gasteiger partial charge in [0, 0.05) is 11.9 Å². The zero-order chi connectivity index (χ0) is 10.1. The number of para-hydroxylation sites is 1. The van der Waals surface area contributed by atoms with Crippen LogP contribution >= 0.6 is 0 Å². The van der Waals surface area contributed by atoms with Crippen LogP contribution in [0.25, 0.3) is 10.9 Å². The van der Waals surface area contributed by atoms with Crippen molar-refractivity contribution in [2.24, 2.45) is 0 Å². The zero-order valence-electron chi connectivity index (χ0n) is 7.90. The van der Waals surface area contributed by atoms with E-state index >= 15 is 0 Å². The van der Waals surface area contributed by atoms with E-state index in [2.05, 4.69) is 0 Å². The van der Waals surface area contributed by atoms with Gasteiger partial charge in [-0.15, -0.1) is 0 Å². The quantitative estimate of drug-likeness (QED) is 0.742. The highest BCUT2D eigenvalue weighted by molar-refractivity contribution is 5.80. The number of hydrogen-bond acceptors (Lipinski definition) is 2. The van der Waals surface area contributed by atoms with E-state index in [9.17, 15) is 9.90 Å². The first-order chi connectivity index (χ1) is 6.74. The molecule has 14 heavy (non-hydrogen) atoms. The third kappa shape index (κ3) is 1.18. The molecule has 0 fully saturated rings. The van der Waals surface area contributed by atoms with E-state index in [1.807, 2.05) is 31.2 Å². The lowest BCUT2D eigenvalue weighted by atomic mass is 10.2. The summed E-state index contributed by atoms with van der Waals surface area (Å²) in [6, 6.07) is 9.02. The number of aryl methyl sites for hydroxylation is 1. The summed E-state index contributed by atoms with van der Waals surface area (Å²) < 4.78 is 1.56. The fraction of sp³-hybridized carbons (Fsp3) is 0.182. The van der Waals surface area contributed by atoms with Gasteiger partial charge in [0.25, 0.3) is 5.56 Å². The largest absolute Gasteiger partial charge is 0.503 e. The van der Waals surface area contributed by atoms with E-state index in [0.29, 0.717) is 6.54 Å². The SMILES string of the molecule is CCn1c(=O)c(O)cc2ccccc21. The lowest BCUT2D eigenvalue weighted by molar-refractivity contribution is 0.461. The number of rotatable bonds is 1. The van der Waals surface area contributed by atoms with E-state index in [0.717, 1.165) is 10.9 Å². The van der Waals surface area contributed by atoms with Gasteiger partial charge in [-0.3, -0.25) is 4.79 Å². The Morgan fingerprint density at radius 1 is 1.36 bits per heavy atom. The van der Waals surface area contributed by atoms with Crippen LogP contribution in [0.2, 0.25) is 0 Å². The molecule has 1 N–H and O–H groups in total. The van der Waals surface area contributed by atoms with Crippen LogP contribution in [-0.2, 0) is 6.54 Å². The molecule has 1 heterocycles. The molecular formula is C11H11NO2. The average molecular weight is 189 g/mol. The van der Waals surface area contributed by atoms with E-state index in [-0.39, 0.29) is 11.3 Å². The van der Waals surface area contributed by atoms with Gasteiger partial charge >= 0.3 is 0 Å². The van der Waals surface area contributed by atoms with Crippen LogP contribution in [0.3, 0.4) is 0 Å². The Bertz CT molecular complexity index is 528. The average Bonchev–Trinajstić information content (AvgIpc) is 2.20. The number of pyridine rings is 1. The van der Waals surface area contributed by atoms with Gasteiger partial charge in [0.15, 0.2) is 5.75 Å². The molecular weight excluding hydrogens is 178 g/mol. The smallest absolute Gasteiger partial charge is 0.293 e. The molecule has 72 valence electrons. The Morgan fingerprint density at radius 3 is 2.79 bits per heavy atom. The molecule has 0 atom stereocenters. The van der Waals surface area contributed by atoms with Crippen molar-refractivity contribution in [3.63, 3.8) is 0 Å². The monoisotopic (exact) mass is 189 g/mol. The lowest BCUT2D eigenvalue weighted by Crippen LogP contribution is -2.18. The highest BCUT2D eigenvalue weighted by Gasteiger charge is 2.05. The highest BCUT2D eigenvalue weighted by atomic mass is 16.3. The summed E-state index contributed by atoms with van der Waals surface area (Å²) in [4.78, 5) is 11.5. The van der Waals surface area contributed by atoms with Crippen molar-refractivity contribution in [3.05, 3.63) is 40.7 Å². The second kappa shape index (κ2) is 3.18. The molecule has 0 saturated heterocycles. The second-order valence-electron chi connectivity index (χ2n) is 3.14. The van der Waals surface area contributed by atoms with E-state index in [4.69, 9.17) is 0 Å². The standard InChI is InChI=1S/C11H11NO2/c1-2-12-9-6-4-3-5-8(9)7-10(13)11(12)14/h3-7,13H,2H2,1H3. The van der Waals surface area contributed by atoms with Crippen LogP contribution < -0.4 is 5.56 Å². The van der Waals surface area contributed by atoms with Crippen molar-refractivity contribution in [1.29, 1.82) is 0 Å². The minimum absolute atomic E-state index is 0.189. The van der Waals surface area contributed by atoms with Crippen LogP contribution in [0.15, 0.2) is 35.1 Å². The molecule has 0 bridgehead atoms. The van der Waals surface area contributed by atoms with E-state index < -0.39 is 0 Å². The maximum Gasteiger partial charge on any atom is 0.293 e. The van der Waals surface area contributed by atoms with Gasteiger partial charge in [-0.1, -0.05) is 18.2 Å².